The van der Waals surface area contributed by atoms with Crippen molar-refractivity contribution in [2.24, 2.45) is 17.6 Å². The van der Waals surface area contributed by atoms with E-state index in [1.54, 1.807) is 6.07 Å². The number of dihydropyridines is 1. The molecule has 50 heavy (non-hydrogen) atoms. The highest BCUT2D eigenvalue weighted by atomic mass is 16.5. The standard InChI is InChI=1S/C43H55N3O4/c1-4-30(11-10-29(2)3)13-17-38-24-37(47)16-12-32-14-18-40(48)41(23-32)50-28-36-22-33(20-31-8-6-5-7-9-31)21-35-25-46(26-39(35)36)43-34(27-49-38)15-19-42(44)45-43/h5-9,14-15,18-19,21-23,25-26,29-30,37-38,42,45,47-48H,4,10-13,16-17,20,24,27-28,44H2,1-3H3/t30-,37-,38+,42?/m1/s1. The third-order valence-electron chi connectivity index (χ3n) is 10.3. The Kier molecular flexibility index (Phi) is 12.0. The molecule has 0 amide bonds. The van der Waals surface area contributed by atoms with Crippen molar-refractivity contribution in [3.63, 3.8) is 0 Å². The third-order valence-corrected chi connectivity index (χ3v) is 10.3. The molecule has 0 saturated carbocycles. The number of hydrogen-bond acceptors (Lipinski definition) is 6. The first-order valence-corrected chi connectivity index (χ1v) is 18.6. The van der Waals surface area contributed by atoms with Crippen molar-refractivity contribution < 1.29 is 19.7 Å². The molecule has 0 saturated heterocycles. The molecule has 4 atom stereocenters. The SMILES string of the molecule is CC[C@H](CCC(C)C)CC[C@H]1C[C@H](O)CCc2ccc(O)c(c2)OCc2cc(Cc3ccccc3)cc3cn(cc23)C2=C(C=CC(N)N2)CO1. The molecule has 4 aromatic rings. The first-order valence-electron chi connectivity index (χ1n) is 18.6. The van der Waals surface area contributed by atoms with Crippen LogP contribution in [0.5, 0.6) is 11.5 Å². The number of nitrogens with two attached hydrogens (primary N) is 1. The van der Waals surface area contributed by atoms with E-state index in [0.29, 0.717) is 50.1 Å². The Balaban J connectivity index is 1.37. The summed E-state index contributed by atoms with van der Waals surface area (Å²) in [5.74, 6) is 2.79. The molecule has 1 aromatic heterocycles. The fourth-order valence-electron chi connectivity index (χ4n) is 7.29. The summed E-state index contributed by atoms with van der Waals surface area (Å²) in [6.45, 7) is 7.58. The van der Waals surface area contributed by atoms with Crippen molar-refractivity contribution in [2.45, 2.75) is 104 Å². The van der Waals surface area contributed by atoms with Gasteiger partial charge in [0.2, 0.25) is 0 Å². The van der Waals surface area contributed by atoms with Crippen LogP contribution >= 0.6 is 0 Å². The number of aliphatic hydroxyl groups is 1. The molecule has 3 heterocycles. The summed E-state index contributed by atoms with van der Waals surface area (Å²) in [6.07, 6.45) is 15.7. The topological polar surface area (TPSA) is 102 Å². The maximum Gasteiger partial charge on any atom is 0.161 e. The molecule has 266 valence electrons. The van der Waals surface area contributed by atoms with Crippen LogP contribution in [0.2, 0.25) is 0 Å². The summed E-state index contributed by atoms with van der Waals surface area (Å²) >= 11 is 0. The first-order chi connectivity index (χ1) is 24.2. The number of nitrogens with one attached hydrogen (secondary N) is 1. The van der Waals surface area contributed by atoms with E-state index in [1.807, 2.05) is 24.3 Å². The predicted molar refractivity (Wildman–Crippen MR) is 203 cm³/mol. The summed E-state index contributed by atoms with van der Waals surface area (Å²) < 4.78 is 15.2. The fourth-order valence-corrected chi connectivity index (χ4v) is 7.29. The zero-order chi connectivity index (χ0) is 35.0. The molecule has 7 nitrogen and oxygen atoms in total. The van der Waals surface area contributed by atoms with Crippen molar-refractivity contribution in [3.8, 4) is 11.5 Å². The maximum absolute atomic E-state index is 11.3. The number of hydrogen-bond donors (Lipinski definition) is 4. The van der Waals surface area contributed by atoms with Crippen LogP contribution in [0.15, 0.2) is 90.8 Å². The minimum atomic E-state index is -0.512. The minimum absolute atomic E-state index is 0.0793. The zero-order valence-electron chi connectivity index (χ0n) is 30.0. The number of phenols is 1. The van der Waals surface area contributed by atoms with Gasteiger partial charge in [-0.2, -0.15) is 0 Å². The van der Waals surface area contributed by atoms with Crippen molar-refractivity contribution >= 4 is 16.6 Å². The van der Waals surface area contributed by atoms with Gasteiger partial charge < -0.3 is 35.3 Å². The number of rotatable bonds is 9. The second kappa shape index (κ2) is 16.8. The van der Waals surface area contributed by atoms with Gasteiger partial charge in [0.05, 0.1) is 25.0 Å². The van der Waals surface area contributed by atoms with Crippen LogP contribution in [-0.2, 0) is 24.2 Å². The monoisotopic (exact) mass is 677 g/mol. The number of phenolic OH excluding ortho intramolecular Hbond substituents is 1. The van der Waals surface area contributed by atoms with E-state index in [4.69, 9.17) is 15.2 Å². The summed E-state index contributed by atoms with van der Waals surface area (Å²) in [5, 5.41) is 27.7. The highest BCUT2D eigenvalue weighted by Gasteiger charge is 2.22. The summed E-state index contributed by atoms with van der Waals surface area (Å²) in [7, 11) is 0. The van der Waals surface area contributed by atoms with Gasteiger partial charge in [-0.25, -0.2) is 0 Å². The first kappa shape index (κ1) is 35.8. The van der Waals surface area contributed by atoms with Gasteiger partial charge >= 0.3 is 0 Å². The molecule has 6 rings (SSSR count). The lowest BCUT2D eigenvalue weighted by Crippen LogP contribution is -2.38. The summed E-state index contributed by atoms with van der Waals surface area (Å²) in [6, 6.07) is 20.5. The van der Waals surface area contributed by atoms with E-state index in [1.165, 1.54) is 24.0 Å². The van der Waals surface area contributed by atoms with E-state index < -0.39 is 6.10 Å². The van der Waals surface area contributed by atoms with Crippen molar-refractivity contribution in [3.05, 3.63) is 113 Å². The van der Waals surface area contributed by atoms with Crippen LogP contribution < -0.4 is 15.8 Å². The Bertz CT molecular complexity index is 1780. The molecule has 2 aliphatic heterocycles. The predicted octanol–water partition coefficient (Wildman–Crippen LogP) is 8.45. The normalized spacial score (nSPS) is 20.6. The largest absolute Gasteiger partial charge is 0.504 e. The molecule has 0 fully saturated rings. The number of aryl methyl sites for hydroxylation is 1. The molecule has 0 radical (unpaired) electrons. The Labute approximate surface area is 297 Å². The molecule has 4 bridgehead atoms. The van der Waals surface area contributed by atoms with Gasteiger partial charge in [-0.1, -0.05) is 88.6 Å². The quantitative estimate of drug-likeness (QED) is 0.142. The van der Waals surface area contributed by atoms with Crippen molar-refractivity contribution in [1.29, 1.82) is 0 Å². The minimum Gasteiger partial charge on any atom is -0.504 e. The van der Waals surface area contributed by atoms with Gasteiger partial charge in [-0.3, -0.25) is 0 Å². The maximum atomic E-state index is 11.3. The van der Waals surface area contributed by atoms with E-state index in [0.717, 1.165) is 59.0 Å². The fraction of sp³-hybridized carbons (Fsp3) is 0.442. The molecule has 2 aliphatic rings. The van der Waals surface area contributed by atoms with Gasteiger partial charge in [0.1, 0.15) is 12.4 Å². The third kappa shape index (κ3) is 9.39. The molecule has 5 N–H and O–H groups in total. The van der Waals surface area contributed by atoms with E-state index >= 15 is 0 Å². The molecule has 0 aliphatic carbocycles. The summed E-state index contributed by atoms with van der Waals surface area (Å²) in [4.78, 5) is 0. The lowest BCUT2D eigenvalue weighted by molar-refractivity contribution is 0.0146. The highest BCUT2D eigenvalue weighted by Crippen LogP contribution is 2.32. The van der Waals surface area contributed by atoms with E-state index in [2.05, 4.69) is 85.5 Å². The smallest absolute Gasteiger partial charge is 0.161 e. The van der Waals surface area contributed by atoms with Gasteiger partial charge in [0.15, 0.2) is 11.5 Å². The lowest BCUT2D eigenvalue weighted by Gasteiger charge is -2.27. The number of fused-ring (bicyclic) bond motifs is 4. The van der Waals surface area contributed by atoms with Crippen LogP contribution in [0.1, 0.15) is 88.0 Å². The average molecular weight is 678 g/mol. The van der Waals surface area contributed by atoms with Crippen LogP contribution in [0, 0.1) is 11.8 Å². The molecule has 7 heteroatoms. The Hall–Kier alpha value is -4.04. The average Bonchev–Trinajstić information content (AvgIpc) is 3.54. The number of aromatic hydroxyl groups is 1. The van der Waals surface area contributed by atoms with Crippen molar-refractivity contribution in [2.75, 3.05) is 6.61 Å². The van der Waals surface area contributed by atoms with Gasteiger partial charge in [-0.15, -0.1) is 0 Å². The van der Waals surface area contributed by atoms with Crippen LogP contribution in [0.4, 0.5) is 0 Å². The zero-order valence-corrected chi connectivity index (χ0v) is 30.0. The molecule has 0 spiro atoms. The van der Waals surface area contributed by atoms with Gasteiger partial charge in [-0.05, 0) is 96.9 Å². The Morgan fingerprint density at radius 3 is 2.62 bits per heavy atom. The van der Waals surface area contributed by atoms with Crippen LogP contribution in [0.25, 0.3) is 16.6 Å². The van der Waals surface area contributed by atoms with E-state index in [9.17, 15) is 10.2 Å². The molecular formula is C43H55N3O4. The van der Waals surface area contributed by atoms with E-state index in [-0.39, 0.29) is 18.0 Å². The Morgan fingerprint density at radius 1 is 0.980 bits per heavy atom. The molecule has 1 unspecified atom stereocenters. The van der Waals surface area contributed by atoms with Crippen LogP contribution in [0.3, 0.4) is 0 Å². The van der Waals surface area contributed by atoms with Gasteiger partial charge in [0.25, 0.3) is 0 Å². The number of aliphatic hydroxyl groups excluding tert-OH is 1. The molecular weight excluding hydrogens is 622 g/mol. The number of ether oxygens (including phenoxy) is 2. The number of aromatic nitrogens is 1. The highest BCUT2D eigenvalue weighted by molar-refractivity contribution is 5.88. The summed E-state index contributed by atoms with van der Waals surface area (Å²) in [5.41, 5.74) is 11.9. The number of nitrogens with zero attached hydrogens (tertiary/aromatic N) is 1. The van der Waals surface area contributed by atoms with Crippen LogP contribution in [-0.4, -0.2) is 39.8 Å². The second-order valence-electron chi connectivity index (χ2n) is 14.8. The van der Waals surface area contributed by atoms with Gasteiger partial charge in [0, 0.05) is 28.7 Å². The second-order valence-corrected chi connectivity index (χ2v) is 14.8. The molecule has 3 aromatic carbocycles. The number of benzene rings is 3. The Morgan fingerprint density at radius 2 is 1.82 bits per heavy atom. The van der Waals surface area contributed by atoms with Crippen molar-refractivity contribution in [1.82, 2.24) is 9.88 Å². The lowest BCUT2D eigenvalue weighted by atomic mass is 9.89.